The molecule has 1 aromatic carbocycles. The van der Waals surface area contributed by atoms with Crippen LogP contribution in [0.3, 0.4) is 0 Å². The Labute approximate surface area is 151 Å². The van der Waals surface area contributed by atoms with Crippen molar-refractivity contribution in [3.05, 3.63) is 47.0 Å². The number of carbonyl (C=O) groups is 1. The van der Waals surface area contributed by atoms with E-state index in [1.165, 1.54) is 12.1 Å². The number of nitrogens with one attached hydrogen (secondary N) is 2. The lowest BCUT2D eigenvalue weighted by molar-refractivity contribution is -0.00305. The van der Waals surface area contributed by atoms with Gasteiger partial charge < -0.3 is 14.8 Å². The highest BCUT2D eigenvalue weighted by atomic mass is 19.1. The summed E-state index contributed by atoms with van der Waals surface area (Å²) in [5, 5.41) is 10.2. The number of fused-ring (bicyclic) bond motifs is 1. The summed E-state index contributed by atoms with van der Waals surface area (Å²) in [5.74, 6) is -0.112. The van der Waals surface area contributed by atoms with Gasteiger partial charge in [-0.2, -0.15) is 5.10 Å². The third kappa shape index (κ3) is 3.58. The second-order valence-electron chi connectivity index (χ2n) is 6.79. The standard InChI is InChI=1S/C19H22FN3O3/c20-12-4-3-5-13(10-12)26-17-8-9-25-11-16(17)21-19(24)18-14-6-1-2-7-15(14)22-23-18/h3-5,10,16-17H,1-2,6-9,11H2,(H,21,24)(H,22,23)/t16-,17+/m1/s1. The van der Waals surface area contributed by atoms with Gasteiger partial charge in [-0.1, -0.05) is 6.07 Å². The van der Waals surface area contributed by atoms with Crippen LogP contribution in [0, 0.1) is 5.82 Å². The lowest BCUT2D eigenvalue weighted by Gasteiger charge is -2.32. The molecule has 4 rings (SSSR count). The third-order valence-electron chi connectivity index (χ3n) is 4.96. The molecule has 2 atom stereocenters. The van der Waals surface area contributed by atoms with E-state index in [-0.39, 0.29) is 23.9 Å². The van der Waals surface area contributed by atoms with Crippen LogP contribution in [-0.4, -0.2) is 41.5 Å². The van der Waals surface area contributed by atoms with Gasteiger partial charge in [0.2, 0.25) is 0 Å². The molecule has 1 aliphatic heterocycles. The highest BCUT2D eigenvalue weighted by Crippen LogP contribution is 2.23. The van der Waals surface area contributed by atoms with E-state index >= 15 is 0 Å². The van der Waals surface area contributed by atoms with Crippen molar-refractivity contribution in [1.82, 2.24) is 15.5 Å². The van der Waals surface area contributed by atoms with Gasteiger partial charge in [-0.15, -0.1) is 0 Å². The molecule has 0 unspecified atom stereocenters. The van der Waals surface area contributed by atoms with Gasteiger partial charge in [-0.25, -0.2) is 4.39 Å². The summed E-state index contributed by atoms with van der Waals surface area (Å²) in [6, 6.07) is 5.72. The van der Waals surface area contributed by atoms with Crippen molar-refractivity contribution in [2.24, 2.45) is 0 Å². The fraction of sp³-hybridized carbons (Fsp3) is 0.474. The zero-order chi connectivity index (χ0) is 17.9. The minimum absolute atomic E-state index is 0.215. The second kappa shape index (κ2) is 7.45. The molecule has 2 aliphatic rings. The van der Waals surface area contributed by atoms with Gasteiger partial charge in [-0.3, -0.25) is 9.89 Å². The number of hydrogen-bond acceptors (Lipinski definition) is 4. The normalized spacial score (nSPS) is 22.5. The molecule has 2 heterocycles. The number of hydrogen-bond donors (Lipinski definition) is 2. The summed E-state index contributed by atoms with van der Waals surface area (Å²) in [7, 11) is 0. The molecule has 138 valence electrons. The number of nitrogens with zero attached hydrogens (tertiary/aromatic N) is 1. The maximum Gasteiger partial charge on any atom is 0.272 e. The van der Waals surface area contributed by atoms with E-state index in [2.05, 4.69) is 15.5 Å². The van der Waals surface area contributed by atoms with E-state index in [1.807, 2.05) is 0 Å². The average Bonchev–Trinajstić information content (AvgIpc) is 3.08. The van der Waals surface area contributed by atoms with Crippen LogP contribution in [-0.2, 0) is 17.6 Å². The van der Waals surface area contributed by atoms with E-state index in [1.54, 1.807) is 12.1 Å². The number of aromatic amines is 1. The molecular weight excluding hydrogens is 337 g/mol. The fourth-order valence-electron chi connectivity index (χ4n) is 3.61. The molecule has 2 aromatic rings. The van der Waals surface area contributed by atoms with Crippen molar-refractivity contribution in [3.63, 3.8) is 0 Å². The Bertz CT molecular complexity index is 792. The highest BCUT2D eigenvalue weighted by molar-refractivity contribution is 5.94. The molecular formula is C19H22FN3O3. The van der Waals surface area contributed by atoms with Gasteiger partial charge in [-0.05, 0) is 37.8 Å². The summed E-state index contributed by atoms with van der Waals surface area (Å²) in [5.41, 5.74) is 2.55. The first-order valence-electron chi connectivity index (χ1n) is 9.07. The van der Waals surface area contributed by atoms with Crippen molar-refractivity contribution < 1.29 is 18.7 Å². The molecule has 1 saturated heterocycles. The molecule has 1 aliphatic carbocycles. The lowest BCUT2D eigenvalue weighted by Crippen LogP contribution is -2.52. The van der Waals surface area contributed by atoms with E-state index in [9.17, 15) is 9.18 Å². The van der Waals surface area contributed by atoms with Crippen LogP contribution in [0.25, 0.3) is 0 Å². The number of benzene rings is 1. The van der Waals surface area contributed by atoms with E-state index < -0.39 is 0 Å². The van der Waals surface area contributed by atoms with Gasteiger partial charge in [0.15, 0.2) is 5.69 Å². The van der Waals surface area contributed by atoms with Gasteiger partial charge in [0.05, 0.1) is 19.3 Å². The molecule has 2 N–H and O–H groups in total. The minimum Gasteiger partial charge on any atom is -0.488 e. The SMILES string of the molecule is O=C(N[C@@H]1COCC[C@@H]1Oc1cccc(F)c1)c1n[nH]c2c1CCCC2. The Kier molecular flexibility index (Phi) is 4.88. The predicted octanol–water partition coefficient (Wildman–Crippen LogP) is 2.39. The van der Waals surface area contributed by atoms with Crippen LogP contribution in [0.1, 0.15) is 41.0 Å². The fourth-order valence-corrected chi connectivity index (χ4v) is 3.61. The Morgan fingerprint density at radius 2 is 2.23 bits per heavy atom. The molecule has 1 fully saturated rings. The Morgan fingerprint density at radius 3 is 3.12 bits per heavy atom. The number of aryl methyl sites for hydroxylation is 1. The van der Waals surface area contributed by atoms with Crippen LogP contribution in [0.2, 0.25) is 0 Å². The number of halogens is 1. The quantitative estimate of drug-likeness (QED) is 0.879. The van der Waals surface area contributed by atoms with Crippen LogP contribution in [0.15, 0.2) is 24.3 Å². The van der Waals surface area contributed by atoms with Crippen molar-refractivity contribution in [3.8, 4) is 5.75 Å². The van der Waals surface area contributed by atoms with Crippen LogP contribution < -0.4 is 10.1 Å². The Balaban J connectivity index is 1.46. The zero-order valence-corrected chi connectivity index (χ0v) is 14.5. The van der Waals surface area contributed by atoms with Crippen molar-refractivity contribution >= 4 is 5.91 Å². The van der Waals surface area contributed by atoms with Crippen molar-refractivity contribution in [2.45, 2.75) is 44.2 Å². The topological polar surface area (TPSA) is 76.2 Å². The van der Waals surface area contributed by atoms with Crippen LogP contribution in [0.5, 0.6) is 5.75 Å². The highest BCUT2D eigenvalue weighted by Gasteiger charge is 2.31. The molecule has 0 radical (unpaired) electrons. The minimum atomic E-state index is -0.349. The number of H-pyrrole nitrogens is 1. The molecule has 7 heteroatoms. The first-order valence-corrected chi connectivity index (χ1v) is 9.07. The number of ether oxygens (including phenoxy) is 2. The van der Waals surface area contributed by atoms with E-state index in [0.717, 1.165) is 36.9 Å². The first-order chi connectivity index (χ1) is 12.7. The number of amides is 1. The Morgan fingerprint density at radius 1 is 1.35 bits per heavy atom. The Hall–Kier alpha value is -2.41. The molecule has 1 aromatic heterocycles. The zero-order valence-electron chi connectivity index (χ0n) is 14.5. The third-order valence-corrected chi connectivity index (χ3v) is 4.96. The summed E-state index contributed by atoms with van der Waals surface area (Å²) < 4.78 is 24.8. The van der Waals surface area contributed by atoms with Gasteiger partial charge in [0.1, 0.15) is 17.7 Å². The van der Waals surface area contributed by atoms with Gasteiger partial charge in [0.25, 0.3) is 5.91 Å². The maximum absolute atomic E-state index is 13.4. The summed E-state index contributed by atoms with van der Waals surface area (Å²) in [6.45, 7) is 0.905. The second-order valence-corrected chi connectivity index (χ2v) is 6.79. The van der Waals surface area contributed by atoms with Crippen molar-refractivity contribution in [1.29, 1.82) is 0 Å². The smallest absolute Gasteiger partial charge is 0.272 e. The molecule has 6 nitrogen and oxygen atoms in total. The maximum atomic E-state index is 13.4. The average molecular weight is 359 g/mol. The van der Waals surface area contributed by atoms with Gasteiger partial charge >= 0.3 is 0 Å². The van der Waals surface area contributed by atoms with E-state index in [0.29, 0.717) is 31.1 Å². The number of rotatable bonds is 4. The predicted molar refractivity (Wildman–Crippen MR) is 92.7 cm³/mol. The van der Waals surface area contributed by atoms with E-state index in [4.69, 9.17) is 9.47 Å². The van der Waals surface area contributed by atoms with Crippen LogP contribution >= 0.6 is 0 Å². The summed E-state index contributed by atoms with van der Waals surface area (Å²) >= 11 is 0. The summed E-state index contributed by atoms with van der Waals surface area (Å²) in [6.07, 6.45) is 4.36. The largest absolute Gasteiger partial charge is 0.488 e. The number of carbonyl (C=O) groups excluding carboxylic acids is 1. The van der Waals surface area contributed by atoms with Crippen LogP contribution in [0.4, 0.5) is 4.39 Å². The summed E-state index contributed by atoms with van der Waals surface area (Å²) in [4.78, 5) is 12.7. The van der Waals surface area contributed by atoms with Crippen molar-refractivity contribution in [2.75, 3.05) is 13.2 Å². The molecule has 1 amide bonds. The molecule has 0 bridgehead atoms. The first kappa shape index (κ1) is 17.0. The van der Waals surface area contributed by atoms with Gasteiger partial charge in [0, 0.05) is 23.7 Å². The monoisotopic (exact) mass is 359 g/mol. The number of aromatic nitrogens is 2. The molecule has 0 saturated carbocycles. The molecule has 26 heavy (non-hydrogen) atoms. The molecule has 0 spiro atoms. The lowest BCUT2D eigenvalue weighted by atomic mass is 9.95.